The molecule has 31 heavy (non-hydrogen) atoms. The van der Waals surface area contributed by atoms with Crippen molar-refractivity contribution in [3.8, 4) is 0 Å². The highest BCUT2D eigenvalue weighted by atomic mass is 19.1. The van der Waals surface area contributed by atoms with Crippen LogP contribution in [0.1, 0.15) is 22.9 Å². The molecule has 5 rings (SSSR count). The van der Waals surface area contributed by atoms with Gasteiger partial charge in [0.1, 0.15) is 11.6 Å². The van der Waals surface area contributed by atoms with Gasteiger partial charge in [0, 0.05) is 24.0 Å². The predicted octanol–water partition coefficient (Wildman–Crippen LogP) is 4.32. The van der Waals surface area contributed by atoms with Gasteiger partial charge in [0.25, 0.3) is 5.56 Å². The first-order valence-corrected chi connectivity index (χ1v) is 9.96. The van der Waals surface area contributed by atoms with E-state index in [1.807, 2.05) is 25.2 Å². The molecular formula is C24H22F2N4O. The third-order valence-electron chi connectivity index (χ3n) is 5.15. The number of halogens is 2. The third kappa shape index (κ3) is 4.62. The maximum absolute atomic E-state index is 13.7. The van der Waals surface area contributed by atoms with Crippen molar-refractivity contribution in [1.29, 1.82) is 0 Å². The lowest BCUT2D eigenvalue weighted by molar-refractivity contribution is 0.624. The van der Waals surface area contributed by atoms with E-state index in [0.717, 1.165) is 12.1 Å². The van der Waals surface area contributed by atoms with Crippen LogP contribution in [0, 0.1) is 11.6 Å². The molecule has 0 spiro atoms. The molecule has 1 aliphatic rings. The van der Waals surface area contributed by atoms with Gasteiger partial charge in [-0.15, -0.1) is 0 Å². The van der Waals surface area contributed by atoms with Crippen molar-refractivity contribution in [2.75, 3.05) is 12.4 Å². The lowest BCUT2D eigenvalue weighted by Crippen LogP contribution is -2.23. The van der Waals surface area contributed by atoms with Gasteiger partial charge in [-0.05, 0) is 42.4 Å². The number of hydrogen-bond acceptors (Lipinski definition) is 4. The summed E-state index contributed by atoms with van der Waals surface area (Å²) in [4.78, 5) is 11.8. The molecule has 7 heteroatoms. The number of anilines is 1. The Hall–Kier alpha value is -3.58. The topological polar surface area (TPSA) is 69.8 Å². The Morgan fingerprint density at radius 1 is 1.03 bits per heavy atom. The Bertz CT molecular complexity index is 1240. The highest BCUT2D eigenvalue weighted by molar-refractivity contribution is 5.96. The predicted molar refractivity (Wildman–Crippen MR) is 118 cm³/mol. The van der Waals surface area contributed by atoms with Gasteiger partial charge < -0.3 is 10.6 Å². The molecule has 1 aliphatic heterocycles. The van der Waals surface area contributed by atoms with Crippen LogP contribution in [-0.2, 0) is 13.0 Å². The fourth-order valence-electron chi connectivity index (χ4n) is 3.72. The highest BCUT2D eigenvalue weighted by Gasteiger charge is 2.24. The van der Waals surface area contributed by atoms with E-state index in [1.54, 1.807) is 12.1 Å². The number of aromatic amines is 1. The first kappa shape index (κ1) is 20.7. The summed E-state index contributed by atoms with van der Waals surface area (Å²) >= 11 is 0. The van der Waals surface area contributed by atoms with Crippen LogP contribution in [0.3, 0.4) is 0 Å². The highest BCUT2D eigenvalue weighted by Crippen LogP contribution is 2.35. The van der Waals surface area contributed by atoms with Crippen molar-refractivity contribution in [3.63, 3.8) is 0 Å². The standard InChI is InChI=1S/C16H11F2N3O.C8H11N/c17-9-3-1-8(2-4-9)12-7-14-15-11(16(22)21-20-14)5-10(18)6-13(15)19-12;1-9-7-8-5-3-2-4-6-8/h1-6,12,19H,7H2,(H,21,22);2-6,9H,7H2,1H3. The van der Waals surface area contributed by atoms with Crippen molar-refractivity contribution in [1.82, 2.24) is 15.5 Å². The number of aromatic nitrogens is 2. The zero-order valence-electron chi connectivity index (χ0n) is 17.0. The number of hydrogen-bond donors (Lipinski definition) is 3. The molecule has 1 aromatic heterocycles. The molecule has 0 saturated heterocycles. The summed E-state index contributed by atoms with van der Waals surface area (Å²) in [7, 11) is 1.95. The number of H-pyrrole nitrogens is 1. The smallest absolute Gasteiger partial charge is 0.272 e. The average molecular weight is 420 g/mol. The SMILES string of the molecule is CNCc1ccccc1.O=c1[nH]nc2c3c(cc(F)cc13)NC(c1ccc(F)cc1)C2. The summed E-state index contributed by atoms with van der Waals surface area (Å²) in [6.45, 7) is 0.959. The minimum absolute atomic E-state index is 0.156. The molecule has 0 bridgehead atoms. The maximum Gasteiger partial charge on any atom is 0.272 e. The van der Waals surface area contributed by atoms with E-state index in [-0.39, 0.29) is 17.2 Å². The first-order valence-electron chi connectivity index (χ1n) is 9.96. The summed E-state index contributed by atoms with van der Waals surface area (Å²) in [6, 6.07) is 18.9. The lowest BCUT2D eigenvalue weighted by atomic mass is 9.94. The fraction of sp³-hybridized carbons (Fsp3) is 0.167. The van der Waals surface area contributed by atoms with Gasteiger partial charge in [-0.2, -0.15) is 5.10 Å². The molecular weight excluding hydrogens is 398 g/mol. The minimum Gasteiger partial charge on any atom is -0.377 e. The molecule has 5 nitrogen and oxygen atoms in total. The lowest BCUT2D eigenvalue weighted by Gasteiger charge is -2.26. The molecule has 1 unspecified atom stereocenters. The van der Waals surface area contributed by atoms with E-state index in [2.05, 4.69) is 33.0 Å². The van der Waals surface area contributed by atoms with Gasteiger partial charge in [-0.3, -0.25) is 4.79 Å². The molecule has 0 aliphatic carbocycles. The van der Waals surface area contributed by atoms with Crippen LogP contribution in [0.2, 0.25) is 0 Å². The largest absolute Gasteiger partial charge is 0.377 e. The summed E-state index contributed by atoms with van der Waals surface area (Å²) in [6.07, 6.45) is 0.525. The monoisotopic (exact) mass is 420 g/mol. The van der Waals surface area contributed by atoms with Gasteiger partial charge in [0.15, 0.2) is 0 Å². The van der Waals surface area contributed by atoms with Crippen LogP contribution in [0.4, 0.5) is 14.5 Å². The maximum atomic E-state index is 13.7. The summed E-state index contributed by atoms with van der Waals surface area (Å²) < 4.78 is 26.8. The molecule has 4 aromatic rings. The molecule has 3 N–H and O–H groups in total. The summed E-state index contributed by atoms with van der Waals surface area (Å²) in [5.41, 5.74) is 3.01. The van der Waals surface area contributed by atoms with Crippen LogP contribution in [-0.4, -0.2) is 17.2 Å². The minimum atomic E-state index is -0.489. The van der Waals surface area contributed by atoms with Crippen molar-refractivity contribution < 1.29 is 8.78 Å². The number of benzene rings is 3. The molecule has 3 aromatic carbocycles. The van der Waals surface area contributed by atoms with Crippen molar-refractivity contribution >= 4 is 16.5 Å². The second-order valence-electron chi connectivity index (χ2n) is 7.34. The number of nitrogens with zero attached hydrogens (tertiary/aromatic N) is 1. The molecule has 1 atom stereocenters. The molecule has 158 valence electrons. The number of rotatable bonds is 3. The van der Waals surface area contributed by atoms with Crippen molar-refractivity contribution in [3.05, 3.63) is 106 Å². The Labute approximate surface area is 178 Å². The van der Waals surface area contributed by atoms with Crippen LogP contribution in [0.15, 0.2) is 71.5 Å². The van der Waals surface area contributed by atoms with Gasteiger partial charge in [0.2, 0.25) is 0 Å². The second-order valence-corrected chi connectivity index (χ2v) is 7.34. The van der Waals surface area contributed by atoms with Crippen LogP contribution in [0.25, 0.3) is 10.8 Å². The Morgan fingerprint density at radius 2 is 1.77 bits per heavy atom. The Morgan fingerprint density at radius 3 is 2.48 bits per heavy atom. The van der Waals surface area contributed by atoms with E-state index in [0.29, 0.717) is 23.2 Å². The van der Waals surface area contributed by atoms with Crippen molar-refractivity contribution in [2.24, 2.45) is 0 Å². The van der Waals surface area contributed by atoms with E-state index in [9.17, 15) is 13.6 Å². The van der Waals surface area contributed by atoms with Crippen LogP contribution >= 0.6 is 0 Å². The van der Waals surface area contributed by atoms with Crippen LogP contribution < -0.4 is 16.2 Å². The fourth-order valence-corrected chi connectivity index (χ4v) is 3.72. The second kappa shape index (κ2) is 9.06. The Kier molecular flexibility index (Phi) is 6.04. The third-order valence-corrected chi connectivity index (χ3v) is 5.15. The van der Waals surface area contributed by atoms with Gasteiger partial charge in [-0.1, -0.05) is 42.5 Å². The van der Waals surface area contributed by atoms with E-state index >= 15 is 0 Å². The van der Waals surface area contributed by atoms with E-state index in [4.69, 9.17) is 0 Å². The normalized spacial score (nSPS) is 14.5. The average Bonchev–Trinajstić information content (AvgIpc) is 2.77. The van der Waals surface area contributed by atoms with Crippen molar-refractivity contribution in [2.45, 2.75) is 19.0 Å². The zero-order chi connectivity index (χ0) is 21.8. The molecule has 0 saturated carbocycles. The van der Waals surface area contributed by atoms with Crippen LogP contribution in [0.5, 0.6) is 0 Å². The first-order chi connectivity index (χ1) is 15.0. The van der Waals surface area contributed by atoms with E-state index < -0.39 is 11.4 Å². The van der Waals surface area contributed by atoms with Gasteiger partial charge in [0.05, 0.1) is 17.1 Å². The molecule has 0 radical (unpaired) electrons. The van der Waals surface area contributed by atoms with Gasteiger partial charge >= 0.3 is 0 Å². The zero-order valence-corrected chi connectivity index (χ0v) is 17.0. The van der Waals surface area contributed by atoms with Gasteiger partial charge in [-0.25, -0.2) is 13.9 Å². The Balaban J connectivity index is 0.000000217. The quantitative estimate of drug-likeness (QED) is 0.462. The molecule has 0 fully saturated rings. The number of nitrogens with one attached hydrogen (secondary N) is 3. The molecule has 2 heterocycles. The molecule has 0 amide bonds. The summed E-state index contributed by atoms with van der Waals surface area (Å²) in [5, 5.41) is 13.7. The van der Waals surface area contributed by atoms with E-state index in [1.165, 1.54) is 29.8 Å². The summed E-state index contributed by atoms with van der Waals surface area (Å²) in [5.74, 6) is -0.798.